The lowest BCUT2D eigenvalue weighted by Crippen LogP contribution is -2.43. The number of nitrogens with zero attached hydrogens (tertiary/aromatic N) is 5. The molecule has 1 fully saturated rings. The van der Waals surface area contributed by atoms with Gasteiger partial charge in [-0.05, 0) is 35.2 Å². The number of fused-ring (bicyclic) bond motifs is 2. The lowest BCUT2D eigenvalue weighted by atomic mass is 10.00. The van der Waals surface area contributed by atoms with Crippen LogP contribution in [0.25, 0.3) is 11.0 Å². The van der Waals surface area contributed by atoms with Gasteiger partial charge in [0.05, 0.1) is 23.5 Å². The minimum absolute atomic E-state index is 0.00754. The molecular weight excluding hydrogens is 390 g/mol. The summed E-state index contributed by atoms with van der Waals surface area (Å²) in [6.07, 6.45) is 2.28. The van der Waals surface area contributed by atoms with Gasteiger partial charge in [-0.15, -0.1) is 0 Å². The van der Waals surface area contributed by atoms with E-state index in [9.17, 15) is 9.90 Å². The molecule has 2 aromatic carbocycles. The molecular formula is C24H29N5O2. The second-order valence-corrected chi connectivity index (χ2v) is 8.74. The van der Waals surface area contributed by atoms with Crippen LogP contribution in [0.1, 0.15) is 16.7 Å². The van der Waals surface area contributed by atoms with Gasteiger partial charge in [-0.25, -0.2) is 9.78 Å². The van der Waals surface area contributed by atoms with Crippen LogP contribution in [0, 0.1) is 0 Å². The molecule has 0 bridgehead atoms. The Balaban J connectivity index is 1.16. The van der Waals surface area contributed by atoms with E-state index in [1.54, 1.807) is 11.2 Å². The van der Waals surface area contributed by atoms with Crippen LogP contribution in [0.5, 0.6) is 0 Å². The van der Waals surface area contributed by atoms with E-state index in [1.807, 2.05) is 28.6 Å². The molecule has 162 valence electrons. The highest BCUT2D eigenvalue weighted by atomic mass is 16.3. The molecule has 5 rings (SSSR count). The normalized spacial score (nSPS) is 18.1. The average Bonchev–Trinajstić information content (AvgIpc) is 3.31. The van der Waals surface area contributed by atoms with Crippen LogP contribution in [0.2, 0.25) is 0 Å². The molecule has 0 aliphatic carbocycles. The fourth-order valence-corrected chi connectivity index (χ4v) is 4.76. The fraction of sp³-hybridized carbons (Fsp3) is 0.417. The van der Waals surface area contributed by atoms with Crippen molar-refractivity contribution < 1.29 is 9.90 Å². The van der Waals surface area contributed by atoms with Gasteiger partial charge in [0.2, 0.25) is 0 Å². The van der Waals surface area contributed by atoms with Gasteiger partial charge in [0, 0.05) is 52.9 Å². The van der Waals surface area contributed by atoms with E-state index in [4.69, 9.17) is 0 Å². The predicted octanol–water partition coefficient (Wildman–Crippen LogP) is 2.23. The molecule has 1 N–H and O–H groups in total. The number of β-amino-alcohol motifs (C(OH)–C–C–N with tert-alkyl or cyclic N) is 1. The van der Waals surface area contributed by atoms with Crippen molar-refractivity contribution in [1.82, 2.24) is 24.3 Å². The van der Waals surface area contributed by atoms with E-state index in [0.717, 1.165) is 36.1 Å². The number of carbonyl (C=O) groups is 1. The molecule has 0 radical (unpaired) electrons. The Morgan fingerprint density at radius 1 is 1.03 bits per heavy atom. The topological polar surface area (TPSA) is 64.8 Å². The highest BCUT2D eigenvalue weighted by molar-refractivity contribution is 5.78. The maximum absolute atomic E-state index is 12.9. The number of carbonyl (C=O) groups excluding carboxylic acids is 1. The first-order chi connectivity index (χ1) is 15.1. The third kappa shape index (κ3) is 4.16. The molecule has 0 saturated carbocycles. The minimum Gasteiger partial charge on any atom is -0.390 e. The van der Waals surface area contributed by atoms with Crippen molar-refractivity contribution >= 4 is 17.1 Å². The van der Waals surface area contributed by atoms with Gasteiger partial charge in [-0.2, -0.15) is 0 Å². The molecule has 1 atom stereocenters. The number of aryl methyl sites for hydroxylation is 1. The number of aromatic nitrogens is 2. The summed E-state index contributed by atoms with van der Waals surface area (Å²) in [5.74, 6) is 0. The fourth-order valence-electron chi connectivity index (χ4n) is 4.76. The zero-order valence-electron chi connectivity index (χ0n) is 17.9. The van der Waals surface area contributed by atoms with E-state index in [-0.39, 0.29) is 6.03 Å². The summed E-state index contributed by atoms with van der Waals surface area (Å²) in [7, 11) is 1.98. The summed E-state index contributed by atoms with van der Waals surface area (Å²) in [6, 6.07) is 14.7. The van der Waals surface area contributed by atoms with Crippen molar-refractivity contribution in [3.05, 3.63) is 65.5 Å². The molecule has 7 heteroatoms. The summed E-state index contributed by atoms with van der Waals surface area (Å²) in [4.78, 5) is 23.2. The van der Waals surface area contributed by atoms with Gasteiger partial charge in [-0.3, -0.25) is 4.90 Å². The Kier molecular flexibility index (Phi) is 5.38. The number of aliphatic hydroxyl groups is 1. The van der Waals surface area contributed by atoms with Crippen molar-refractivity contribution in [3.8, 4) is 0 Å². The van der Waals surface area contributed by atoms with E-state index in [2.05, 4.69) is 40.2 Å². The quantitative estimate of drug-likeness (QED) is 0.666. The number of amides is 2. The van der Waals surface area contributed by atoms with Gasteiger partial charge in [-0.1, -0.05) is 30.3 Å². The Morgan fingerprint density at radius 2 is 1.84 bits per heavy atom. The molecule has 3 heterocycles. The molecule has 31 heavy (non-hydrogen) atoms. The first kappa shape index (κ1) is 20.0. The third-order valence-electron chi connectivity index (χ3n) is 6.45. The second kappa shape index (κ2) is 8.32. The Morgan fingerprint density at radius 3 is 2.71 bits per heavy atom. The summed E-state index contributed by atoms with van der Waals surface area (Å²) >= 11 is 0. The molecule has 3 aromatic rings. The molecule has 0 spiro atoms. The first-order valence-corrected chi connectivity index (χ1v) is 11.0. The van der Waals surface area contributed by atoms with Crippen LogP contribution in [0.4, 0.5) is 4.79 Å². The van der Waals surface area contributed by atoms with Crippen LogP contribution >= 0.6 is 0 Å². The zero-order valence-corrected chi connectivity index (χ0v) is 17.9. The second-order valence-electron chi connectivity index (χ2n) is 8.74. The van der Waals surface area contributed by atoms with E-state index < -0.39 is 6.10 Å². The SMILES string of the molecule is Cn1cnc2ccc(CN3CCN(CC(O)CN4CCc5ccccc5C4)C3=O)cc21. The lowest BCUT2D eigenvalue weighted by molar-refractivity contribution is 0.0812. The number of benzene rings is 2. The molecule has 7 nitrogen and oxygen atoms in total. The van der Waals surface area contributed by atoms with Gasteiger partial charge in [0.1, 0.15) is 0 Å². The van der Waals surface area contributed by atoms with Crippen molar-refractivity contribution in [2.75, 3.05) is 32.7 Å². The Bertz CT molecular complexity index is 1090. The number of hydrogen-bond acceptors (Lipinski definition) is 4. The number of imidazole rings is 1. The molecule has 1 unspecified atom stereocenters. The lowest BCUT2D eigenvalue weighted by Gasteiger charge is -2.31. The smallest absolute Gasteiger partial charge is 0.320 e. The maximum atomic E-state index is 12.9. The molecule has 2 aliphatic rings. The van der Waals surface area contributed by atoms with Crippen LogP contribution < -0.4 is 0 Å². The average molecular weight is 420 g/mol. The van der Waals surface area contributed by atoms with Gasteiger partial charge in [0.25, 0.3) is 0 Å². The third-order valence-corrected chi connectivity index (χ3v) is 6.45. The standard InChI is InChI=1S/C24H29N5O2/c1-26-17-25-22-7-6-18(12-23(22)26)13-28-10-11-29(24(28)31)16-21(30)15-27-9-8-19-4-2-3-5-20(19)14-27/h2-7,12,17,21,30H,8-11,13-16H2,1H3. The van der Waals surface area contributed by atoms with Crippen LogP contribution in [0.15, 0.2) is 48.8 Å². The molecule has 1 aromatic heterocycles. The van der Waals surface area contributed by atoms with Crippen molar-refractivity contribution in [1.29, 1.82) is 0 Å². The minimum atomic E-state index is -0.542. The first-order valence-electron chi connectivity index (χ1n) is 11.0. The van der Waals surface area contributed by atoms with Crippen LogP contribution in [-0.4, -0.2) is 74.2 Å². The monoisotopic (exact) mass is 419 g/mol. The number of urea groups is 1. The molecule has 2 aliphatic heterocycles. The van der Waals surface area contributed by atoms with Crippen LogP contribution in [-0.2, 0) is 26.6 Å². The van der Waals surface area contributed by atoms with Crippen molar-refractivity contribution in [2.45, 2.75) is 25.6 Å². The predicted molar refractivity (Wildman–Crippen MR) is 120 cm³/mol. The number of rotatable bonds is 6. The van der Waals surface area contributed by atoms with Crippen molar-refractivity contribution in [3.63, 3.8) is 0 Å². The summed E-state index contributed by atoms with van der Waals surface area (Å²) in [6.45, 7) is 4.71. The summed E-state index contributed by atoms with van der Waals surface area (Å²) < 4.78 is 1.99. The summed E-state index contributed by atoms with van der Waals surface area (Å²) in [5, 5.41) is 10.7. The summed E-state index contributed by atoms with van der Waals surface area (Å²) in [5.41, 5.74) is 5.88. The number of aliphatic hydroxyl groups excluding tert-OH is 1. The number of hydrogen-bond donors (Lipinski definition) is 1. The maximum Gasteiger partial charge on any atom is 0.320 e. The van der Waals surface area contributed by atoms with Gasteiger partial charge in [0.15, 0.2) is 0 Å². The van der Waals surface area contributed by atoms with E-state index >= 15 is 0 Å². The highest BCUT2D eigenvalue weighted by Gasteiger charge is 2.30. The van der Waals surface area contributed by atoms with Crippen molar-refractivity contribution in [2.24, 2.45) is 7.05 Å². The highest BCUT2D eigenvalue weighted by Crippen LogP contribution is 2.20. The Hall–Kier alpha value is -2.90. The largest absolute Gasteiger partial charge is 0.390 e. The van der Waals surface area contributed by atoms with Crippen LogP contribution in [0.3, 0.4) is 0 Å². The van der Waals surface area contributed by atoms with Gasteiger partial charge >= 0.3 is 6.03 Å². The Labute approximate surface area is 182 Å². The van der Waals surface area contributed by atoms with E-state index in [0.29, 0.717) is 32.7 Å². The zero-order chi connectivity index (χ0) is 21.4. The van der Waals surface area contributed by atoms with Gasteiger partial charge < -0.3 is 19.5 Å². The van der Waals surface area contributed by atoms with E-state index in [1.165, 1.54) is 11.1 Å². The molecule has 1 saturated heterocycles. The molecule has 2 amide bonds.